The molecule has 0 spiro atoms. The highest BCUT2D eigenvalue weighted by atomic mass is 19.4. The molecule has 1 aromatic carbocycles. The second kappa shape index (κ2) is 3.66. The summed E-state index contributed by atoms with van der Waals surface area (Å²) in [5, 5.41) is 8.39. The average molecular weight is 191 g/mol. The molecule has 0 aliphatic rings. The van der Waals surface area contributed by atoms with Gasteiger partial charge in [-0.2, -0.15) is 13.2 Å². The van der Waals surface area contributed by atoms with Crippen LogP contribution in [-0.2, 0) is 6.42 Å². The first-order valence-corrected chi connectivity index (χ1v) is 3.57. The molecule has 0 aliphatic carbocycles. The third-order valence-corrected chi connectivity index (χ3v) is 1.49. The molecule has 0 fully saturated rings. The van der Waals surface area contributed by atoms with Crippen LogP contribution in [0.1, 0.15) is 5.56 Å². The first kappa shape index (κ1) is 9.85. The van der Waals surface area contributed by atoms with Gasteiger partial charge in [-0.15, -0.1) is 0 Å². The molecule has 5 heteroatoms. The van der Waals surface area contributed by atoms with E-state index in [0.717, 1.165) is 0 Å². The molecule has 2 nitrogen and oxygen atoms in total. The van der Waals surface area contributed by atoms with E-state index in [2.05, 4.69) is 0 Å². The van der Waals surface area contributed by atoms with Crippen LogP contribution in [0.15, 0.2) is 24.3 Å². The number of benzene rings is 1. The van der Waals surface area contributed by atoms with Crippen LogP contribution >= 0.6 is 0 Å². The summed E-state index contributed by atoms with van der Waals surface area (Å²) in [5.74, 6) is 0. The summed E-state index contributed by atoms with van der Waals surface area (Å²) >= 11 is 0. The van der Waals surface area contributed by atoms with Crippen molar-refractivity contribution < 1.29 is 18.4 Å². The summed E-state index contributed by atoms with van der Waals surface area (Å²) < 4.78 is 35.6. The second-order valence-corrected chi connectivity index (χ2v) is 2.60. The van der Waals surface area contributed by atoms with Gasteiger partial charge in [-0.1, -0.05) is 12.1 Å². The number of hydrogen-bond acceptors (Lipinski definition) is 2. The van der Waals surface area contributed by atoms with Gasteiger partial charge in [0.05, 0.1) is 12.1 Å². The van der Waals surface area contributed by atoms with Gasteiger partial charge >= 0.3 is 6.18 Å². The van der Waals surface area contributed by atoms with Gasteiger partial charge < -0.3 is 0 Å². The summed E-state index contributed by atoms with van der Waals surface area (Å²) in [6.07, 6.45) is -5.13. The van der Waals surface area contributed by atoms with E-state index in [-0.39, 0.29) is 5.56 Å². The highest BCUT2D eigenvalue weighted by molar-refractivity contribution is 5.42. The first-order chi connectivity index (χ1) is 6.01. The van der Waals surface area contributed by atoms with E-state index in [1.165, 1.54) is 24.3 Å². The van der Waals surface area contributed by atoms with Crippen LogP contribution in [0.5, 0.6) is 0 Å². The Morgan fingerprint density at radius 2 is 1.69 bits per heavy atom. The van der Waals surface area contributed by atoms with Gasteiger partial charge in [0.1, 0.15) is 0 Å². The lowest BCUT2D eigenvalue weighted by atomic mass is 10.1. The number of alkyl halides is 3. The van der Waals surface area contributed by atoms with Gasteiger partial charge in [-0.25, -0.2) is 0 Å². The fourth-order valence-corrected chi connectivity index (χ4v) is 0.929. The van der Waals surface area contributed by atoms with Gasteiger partial charge in [-0.05, 0) is 17.7 Å². The number of rotatable bonds is 2. The smallest absolute Gasteiger partial charge is 0.291 e. The van der Waals surface area contributed by atoms with Crippen LogP contribution in [0.3, 0.4) is 0 Å². The number of nitrogens with one attached hydrogen (secondary N) is 1. The molecule has 0 unspecified atom stereocenters. The minimum absolute atomic E-state index is 0.173. The zero-order valence-electron chi connectivity index (χ0n) is 6.60. The fourth-order valence-electron chi connectivity index (χ4n) is 0.929. The Morgan fingerprint density at radius 3 is 2.08 bits per heavy atom. The number of halogens is 3. The van der Waals surface area contributed by atoms with Crippen molar-refractivity contribution in [3.8, 4) is 0 Å². The van der Waals surface area contributed by atoms with Crippen molar-refractivity contribution in [3.63, 3.8) is 0 Å². The molecule has 1 rings (SSSR count). The zero-order chi connectivity index (χ0) is 9.90. The Hall–Kier alpha value is -1.23. The molecule has 0 atom stereocenters. The molecule has 1 aromatic rings. The Kier molecular flexibility index (Phi) is 2.77. The van der Waals surface area contributed by atoms with Crippen molar-refractivity contribution in [1.29, 1.82) is 0 Å². The van der Waals surface area contributed by atoms with Gasteiger partial charge in [-0.3, -0.25) is 10.7 Å². The highest BCUT2D eigenvalue weighted by Crippen LogP contribution is 2.21. The maximum atomic E-state index is 11.9. The van der Waals surface area contributed by atoms with Crippen LogP contribution in [0.2, 0.25) is 0 Å². The minimum Gasteiger partial charge on any atom is -0.291 e. The summed E-state index contributed by atoms with van der Waals surface area (Å²) in [7, 11) is 0. The molecule has 0 aromatic heterocycles. The van der Waals surface area contributed by atoms with Crippen LogP contribution < -0.4 is 5.48 Å². The maximum Gasteiger partial charge on any atom is 0.393 e. The van der Waals surface area contributed by atoms with E-state index in [1.54, 1.807) is 0 Å². The van der Waals surface area contributed by atoms with Gasteiger partial charge in [0.2, 0.25) is 0 Å². The molecule has 0 bridgehead atoms. The van der Waals surface area contributed by atoms with E-state index in [0.29, 0.717) is 5.69 Å². The lowest BCUT2D eigenvalue weighted by Crippen LogP contribution is -2.11. The van der Waals surface area contributed by atoms with E-state index in [4.69, 9.17) is 5.21 Å². The largest absolute Gasteiger partial charge is 0.393 e. The molecular weight excluding hydrogens is 183 g/mol. The van der Waals surface area contributed by atoms with Crippen molar-refractivity contribution in [1.82, 2.24) is 0 Å². The van der Waals surface area contributed by atoms with E-state index < -0.39 is 12.6 Å². The molecule has 0 saturated heterocycles. The van der Waals surface area contributed by atoms with Crippen LogP contribution in [0.25, 0.3) is 0 Å². The van der Waals surface area contributed by atoms with Crippen LogP contribution in [0.4, 0.5) is 18.9 Å². The van der Waals surface area contributed by atoms with Crippen molar-refractivity contribution in [3.05, 3.63) is 29.8 Å². The molecule has 0 amide bonds. The SMILES string of the molecule is ONc1ccc(CC(F)(F)F)cc1. The summed E-state index contributed by atoms with van der Waals surface area (Å²) in [6, 6.07) is 5.38. The summed E-state index contributed by atoms with van der Waals surface area (Å²) in [5.41, 5.74) is 2.38. The first-order valence-electron chi connectivity index (χ1n) is 3.57. The van der Waals surface area contributed by atoms with Crippen LogP contribution in [0, 0.1) is 0 Å². The highest BCUT2D eigenvalue weighted by Gasteiger charge is 2.27. The standard InChI is InChI=1S/C8H8F3NO/c9-8(10,11)5-6-1-3-7(12-13)4-2-6/h1-4,12-13H,5H2. The Bertz CT molecular complexity index is 268. The maximum absolute atomic E-state index is 11.9. The minimum atomic E-state index is -4.19. The van der Waals surface area contributed by atoms with E-state index in [9.17, 15) is 13.2 Å². The monoisotopic (exact) mass is 191 g/mol. The molecule has 72 valence electrons. The van der Waals surface area contributed by atoms with Gasteiger partial charge in [0.15, 0.2) is 0 Å². The zero-order valence-corrected chi connectivity index (χ0v) is 6.60. The third kappa shape index (κ3) is 3.33. The predicted octanol–water partition coefficient (Wildman–Crippen LogP) is 2.59. The van der Waals surface area contributed by atoms with E-state index >= 15 is 0 Å². The lowest BCUT2D eigenvalue weighted by molar-refractivity contribution is -0.127. The van der Waals surface area contributed by atoms with Crippen molar-refractivity contribution >= 4 is 5.69 Å². The Labute approximate surface area is 73.0 Å². The molecular formula is C8H8F3NO. The predicted molar refractivity (Wildman–Crippen MR) is 41.6 cm³/mol. The molecule has 13 heavy (non-hydrogen) atoms. The molecule has 0 radical (unpaired) electrons. The Morgan fingerprint density at radius 1 is 1.15 bits per heavy atom. The Balaban J connectivity index is 2.70. The number of anilines is 1. The molecule has 0 saturated carbocycles. The average Bonchev–Trinajstić information content (AvgIpc) is 2.03. The van der Waals surface area contributed by atoms with Gasteiger partial charge in [0.25, 0.3) is 0 Å². The third-order valence-electron chi connectivity index (χ3n) is 1.49. The van der Waals surface area contributed by atoms with Crippen molar-refractivity contribution in [2.75, 3.05) is 5.48 Å². The lowest BCUT2D eigenvalue weighted by Gasteiger charge is -2.06. The van der Waals surface area contributed by atoms with Crippen LogP contribution in [-0.4, -0.2) is 11.4 Å². The summed E-state index contributed by atoms with van der Waals surface area (Å²) in [6.45, 7) is 0. The normalized spacial score (nSPS) is 11.4. The molecule has 0 aliphatic heterocycles. The molecule has 2 N–H and O–H groups in total. The second-order valence-electron chi connectivity index (χ2n) is 2.60. The van der Waals surface area contributed by atoms with Crippen molar-refractivity contribution in [2.45, 2.75) is 12.6 Å². The topological polar surface area (TPSA) is 32.3 Å². The summed E-state index contributed by atoms with van der Waals surface area (Å²) in [4.78, 5) is 0. The van der Waals surface area contributed by atoms with Crippen molar-refractivity contribution in [2.24, 2.45) is 0 Å². The van der Waals surface area contributed by atoms with Gasteiger partial charge in [0, 0.05) is 0 Å². The fraction of sp³-hybridized carbons (Fsp3) is 0.250. The molecule has 0 heterocycles. The quantitative estimate of drug-likeness (QED) is 0.704. The number of hydrogen-bond donors (Lipinski definition) is 2. The van der Waals surface area contributed by atoms with E-state index in [1.807, 2.05) is 5.48 Å².